The molecule has 30 heavy (non-hydrogen) atoms. The molecule has 0 spiro atoms. The Hall–Kier alpha value is -4.01. The number of hydrogen-bond donors (Lipinski definition) is 2. The highest BCUT2D eigenvalue weighted by atomic mass is 16.7. The number of aliphatic carboxylic acids is 1. The molecule has 0 fully saturated rings. The van der Waals surface area contributed by atoms with Gasteiger partial charge in [0.2, 0.25) is 12.6 Å². The zero-order valence-electron chi connectivity index (χ0n) is 15.8. The first-order chi connectivity index (χ1) is 14.4. The maximum Gasteiger partial charge on any atom is 0.325 e. The fourth-order valence-corrected chi connectivity index (χ4v) is 2.91. The summed E-state index contributed by atoms with van der Waals surface area (Å²) in [6.45, 7) is 1.14. The van der Waals surface area contributed by atoms with E-state index in [0.29, 0.717) is 28.6 Å². The van der Waals surface area contributed by atoms with E-state index in [1.165, 1.54) is 19.1 Å². The monoisotopic (exact) mass is 411 g/mol. The summed E-state index contributed by atoms with van der Waals surface area (Å²) in [4.78, 5) is 35.1. The van der Waals surface area contributed by atoms with Crippen LogP contribution in [0.15, 0.2) is 42.2 Å². The first-order valence-electron chi connectivity index (χ1n) is 9.03. The maximum atomic E-state index is 12.6. The van der Waals surface area contributed by atoms with Gasteiger partial charge in [-0.3, -0.25) is 14.4 Å². The molecule has 1 amide bonds. The van der Waals surface area contributed by atoms with E-state index in [1.54, 1.807) is 30.3 Å². The number of rotatable bonds is 6. The van der Waals surface area contributed by atoms with Crippen molar-refractivity contribution in [1.82, 2.24) is 5.32 Å². The van der Waals surface area contributed by atoms with Gasteiger partial charge in [-0.15, -0.1) is 0 Å². The van der Waals surface area contributed by atoms with E-state index in [4.69, 9.17) is 24.1 Å². The summed E-state index contributed by atoms with van der Waals surface area (Å²) < 4.78 is 21.6. The second-order valence-electron chi connectivity index (χ2n) is 6.63. The van der Waals surface area contributed by atoms with Gasteiger partial charge in [0.05, 0.1) is 5.56 Å². The molecule has 0 unspecified atom stereocenters. The molecule has 0 aliphatic carbocycles. The molecule has 0 aromatic heterocycles. The molecule has 2 N–H and O–H groups in total. The van der Waals surface area contributed by atoms with Gasteiger partial charge in [0, 0.05) is 6.07 Å². The lowest BCUT2D eigenvalue weighted by molar-refractivity contribution is -0.141. The number of carboxylic acid groups (broad SMARTS) is 1. The number of ketones is 1. The summed E-state index contributed by atoms with van der Waals surface area (Å²) in [7, 11) is 0. The predicted octanol–water partition coefficient (Wildman–Crippen LogP) is 2.00. The quantitative estimate of drug-likeness (QED) is 0.693. The number of ether oxygens (including phenoxy) is 4. The number of allylic oxidation sites excluding steroid dienone is 1. The summed E-state index contributed by atoms with van der Waals surface area (Å²) in [6.07, 6.45) is 1.60. The molecule has 2 aromatic carbocycles. The molecule has 0 saturated heterocycles. The number of carbonyl (C=O) groups excluding carboxylic acids is 2. The lowest BCUT2D eigenvalue weighted by Crippen LogP contribution is -2.40. The van der Waals surface area contributed by atoms with Crippen molar-refractivity contribution in [3.05, 3.63) is 53.3 Å². The van der Waals surface area contributed by atoms with Crippen LogP contribution in [-0.4, -0.2) is 42.2 Å². The number of carbonyl (C=O) groups is 3. The Balaban J connectivity index is 1.43. The minimum atomic E-state index is -1.14. The van der Waals surface area contributed by atoms with Crippen LogP contribution in [-0.2, 0) is 9.59 Å². The van der Waals surface area contributed by atoms with Gasteiger partial charge in [0.15, 0.2) is 23.9 Å². The van der Waals surface area contributed by atoms with Crippen molar-refractivity contribution in [2.24, 2.45) is 0 Å². The van der Waals surface area contributed by atoms with Crippen molar-refractivity contribution < 1.29 is 38.4 Å². The number of amides is 1. The first-order valence-corrected chi connectivity index (χ1v) is 9.03. The van der Waals surface area contributed by atoms with E-state index in [-0.39, 0.29) is 24.9 Å². The van der Waals surface area contributed by atoms with Crippen molar-refractivity contribution in [2.45, 2.75) is 13.0 Å². The molecule has 0 saturated carbocycles. The van der Waals surface area contributed by atoms with Crippen LogP contribution in [0.2, 0.25) is 0 Å². The van der Waals surface area contributed by atoms with E-state index >= 15 is 0 Å². The van der Waals surface area contributed by atoms with Crippen LogP contribution in [0.5, 0.6) is 23.0 Å². The topological polar surface area (TPSA) is 120 Å². The minimum Gasteiger partial charge on any atom is -0.484 e. The Labute approximate surface area is 170 Å². The van der Waals surface area contributed by atoms with Gasteiger partial charge in [-0.05, 0) is 42.8 Å². The molecule has 2 aliphatic heterocycles. The molecule has 2 heterocycles. The van der Waals surface area contributed by atoms with Crippen molar-refractivity contribution in [2.75, 3.05) is 13.4 Å². The average Bonchev–Trinajstić information content (AvgIpc) is 3.30. The summed E-state index contributed by atoms with van der Waals surface area (Å²) >= 11 is 0. The molecule has 2 aromatic rings. The standard InChI is InChI=1S/C21H17NO8/c1-11(21(25)26)22-19(23)9-27-13-3-4-14-16(8-13)30-18(20(14)24)7-12-2-5-15-17(6-12)29-10-28-15/h2-8,11H,9-10H2,1H3,(H,22,23)(H,25,26)/t11-/m0/s1. The van der Waals surface area contributed by atoms with Crippen LogP contribution >= 0.6 is 0 Å². The Morgan fingerprint density at radius 2 is 1.97 bits per heavy atom. The van der Waals surface area contributed by atoms with Crippen LogP contribution in [0.3, 0.4) is 0 Å². The normalized spacial score (nSPS) is 16.0. The van der Waals surface area contributed by atoms with Gasteiger partial charge < -0.3 is 29.4 Å². The van der Waals surface area contributed by atoms with Crippen LogP contribution in [0.25, 0.3) is 6.08 Å². The van der Waals surface area contributed by atoms with Crippen LogP contribution in [0, 0.1) is 0 Å². The number of fused-ring (bicyclic) bond motifs is 2. The number of nitrogens with one attached hydrogen (secondary N) is 1. The van der Waals surface area contributed by atoms with Gasteiger partial charge in [-0.25, -0.2) is 0 Å². The highest BCUT2D eigenvalue weighted by Gasteiger charge is 2.28. The Bertz CT molecular complexity index is 1070. The molecule has 2 aliphatic rings. The number of hydrogen-bond acceptors (Lipinski definition) is 7. The fourth-order valence-electron chi connectivity index (χ4n) is 2.91. The van der Waals surface area contributed by atoms with E-state index in [1.807, 2.05) is 0 Å². The van der Waals surface area contributed by atoms with Gasteiger partial charge in [-0.2, -0.15) is 0 Å². The van der Waals surface area contributed by atoms with Crippen molar-refractivity contribution in [1.29, 1.82) is 0 Å². The fraction of sp³-hybridized carbons (Fsp3) is 0.190. The summed E-state index contributed by atoms with van der Waals surface area (Å²) in [5.74, 6) is 0.00520. The Morgan fingerprint density at radius 3 is 2.77 bits per heavy atom. The van der Waals surface area contributed by atoms with E-state index in [9.17, 15) is 14.4 Å². The molecular weight excluding hydrogens is 394 g/mol. The second kappa shape index (κ2) is 7.78. The van der Waals surface area contributed by atoms with Crippen molar-refractivity contribution in [3.63, 3.8) is 0 Å². The highest BCUT2D eigenvalue weighted by molar-refractivity contribution is 6.14. The molecule has 9 nitrogen and oxygen atoms in total. The van der Waals surface area contributed by atoms with Crippen LogP contribution < -0.4 is 24.3 Å². The zero-order valence-corrected chi connectivity index (χ0v) is 15.8. The summed E-state index contributed by atoms with van der Waals surface area (Å²) in [6, 6.07) is 8.85. The highest BCUT2D eigenvalue weighted by Crippen LogP contribution is 2.37. The van der Waals surface area contributed by atoms with Gasteiger partial charge in [0.25, 0.3) is 5.91 Å². The van der Waals surface area contributed by atoms with Crippen LogP contribution in [0.1, 0.15) is 22.8 Å². The largest absolute Gasteiger partial charge is 0.484 e. The third-order valence-corrected chi connectivity index (χ3v) is 4.45. The van der Waals surface area contributed by atoms with Gasteiger partial charge >= 0.3 is 5.97 Å². The number of benzene rings is 2. The Kier molecular flexibility index (Phi) is 5.01. The molecule has 4 rings (SSSR count). The number of Topliss-reactive ketones (excluding diaryl/α,β-unsaturated/α-hetero) is 1. The molecule has 1 atom stereocenters. The Morgan fingerprint density at radius 1 is 1.17 bits per heavy atom. The molecular formula is C21H17NO8. The van der Waals surface area contributed by atoms with E-state index < -0.39 is 17.9 Å². The maximum absolute atomic E-state index is 12.6. The first kappa shape index (κ1) is 19.3. The van der Waals surface area contributed by atoms with Gasteiger partial charge in [-0.1, -0.05) is 6.07 Å². The second-order valence-corrected chi connectivity index (χ2v) is 6.63. The molecule has 0 bridgehead atoms. The minimum absolute atomic E-state index is 0.147. The summed E-state index contributed by atoms with van der Waals surface area (Å²) in [5, 5.41) is 11.1. The molecule has 154 valence electrons. The lowest BCUT2D eigenvalue weighted by atomic mass is 10.1. The summed E-state index contributed by atoms with van der Waals surface area (Å²) in [5.41, 5.74) is 1.09. The SMILES string of the molecule is C[C@H](NC(=O)COc1ccc2c(c1)OC(=Cc1ccc3c(c1)OCO3)C2=O)C(=O)O. The zero-order chi connectivity index (χ0) is 21.3. The van der Waals surface area contributed by atoms with Gasteiger partial charge in [0.1, 0.15) is 17.5 Å². The third-order valence-electron chi connectivity index (χ3n) is 4.45. The smallest absolute Gasteiger partial charge is 0.325 e. The molecule has 9 heteroatoms. The molecule has 0 radical (unpaired) electrons. The van der Waals surface area contributed by atoms with Crippen LogP contribution in [0.4, 0.5) is 0 Å². The number of carboxylic acids is 1. The predicted molar refractivity (Wildman–Crippen MR) is 103 cm³/mol. The van der Waals surface area contributed by atoms with E-state index in [0.717, 1.165) is 5.56 Å². The lowest BCUT2D eigenvalue weighted by Gasteiger charge is -2.10. The van der Waals surface area contributed by atoms with Crippen molar-refractivity contribution in [3.8, 4) is 23.0 Å². The van der Waals surface area contributed by atoms with Crippen molar-refractivity contribution >= 4 is 23.7 Å². The van der Waals surface area contributed by atoms with E-state index in [2.05, 4.69) is 5.32 Å². The third kappa shape index (κ3) is 3.90. The average molecular weight is 411 g/mol.